The maximum atomic E-state index is 11.0. The number of ether oxygens (including phenoxy) is 1. The van der Waals surface area contributed by atoms with Crippen LogP contribution >= 0.6 is 0 Å². The van der Waals surface area contributed by atoms with Crippen LogP contribution in [0, 0.1) is 0 Å². The first-order valence-electron chi connectivity index (χ1n) is 5.03. The first-order chi connectivity index (χ1) is 8.63. The fourth-order valence-corrected chi connectivity index (χ4v) is 1.55. The van der Waals surface area contributed by atoms with E-state index < -0.39 is 5.97 Å². The Labute approximate surface area is 103 Å². The third-order valence-corrected chi connectivity index (χ3v) is 2.41. The number of nitrogens with zero attached hydrogens (tertiary/aromatic N) is 2. The number of aromatic hydroxyl groups is 1. The van der Waals surface area contributed by atoms with Gasteiger partial charge in [0.25, 0.3) is 0 Å². The summed E-state index contributed by atoms with van der Waals surface area (Å²) in [6.45, 7) is 0. The molecule has 1 aromatic carbocycles. The van der Waals surface area contributed by atoms with Gasteiger partial charge in [-0.3, -0.25) is 0 Å². The van der Waals surface area contributed by atoms with Crippen molar-refractivity contribution in [2.45, 2.75) is 0 Å². The minimum Gasteiger partial charge on any atom is -0.504 e. The fourth-order valence-electron chi connectivity index (χ4n) is 1.55. The van der Waals surface area contributed by atoms with Crippen molar-refractivity contribution < 1.29 is 19.7 Å². The number of phenols is 1. The lowest BCUT2D eigenvalue weighted by atomic mass is 10.0. The van der Waals surface area contributed by atoms with Crippen molar-refractivity contribution in [2.75, 3.05) is 7.11 Å². The topological polar surface area (TPSA) is 92.5 Å². The van der Waals surface area contributed by atoms with Crippen LogP contribution in [0.1, 0.15) is 10.4 Å². The molecular formula is C12H10N2O4. The van der Waals surface area contributed by atoms with E-state index in [1.165, 1.54) is 38.0 Å². The number of hydrogen-bond acceptors (Lipinski definition) is 5. The Morgan fingerprint density at radius 3 is 2.50 bits per heavy atom. The van der Waals surface area contributed by atoms with Gasteiger partial charge in [0.05, 0.1) is 12.7 Å². The molecule has 0 saturated carbocycles. The average Bonchev–Trinajstić information content (AvgIpc) is 2.39. The first kappa shape index (κ1) is 11.8. The van der Waals surface area contributed by atoms with Crippen LogP contribution < -0.4 is 4.74 Å². The zero-order valence-electron chi connectivity index (χ0n) is 9.49. The van der Waals surface area contributed by atoms with Gasteiger partial charge in [-0.25, -0.2) is 14.8 Å². The summed E-state index contributed by atoms with van der Waals surface area (Å²) in [5.74, 6) is -1.16. The molecule has 18 heavy (non-hydrogen) atoms. The first-order valence-corrected chi connectivity index (χ1v) is 5.03. The molecule has 0 aliphatic carbocycles. The van der Waals surface area contributed by atoms with E-state index in [0.29, 0.717) is 11.1 Å². The van der Waals surface area contributed by atoms with Crippen LogP contribution in [0.5, 0.6) is 11.5 Å². The quantitative estimate of drug-likeness (QED) is 0.853. The van der Waals surface area contributed by atoms with Gasteiger partial charge in [-0.2, -0.15) is 0 Å². The number of carboxylic acid groups (broad SMARTS) is 1. The van der Waals surface area contributed by atoms with Crippen LogP contribution in [-0.2, 0) is 0 Å². The summed E-state index contributed by atoms with van der Waals surface area (Å²) in [6, 6.07) is 2.60. The molecule has 1 heterocycles. The van der Waals surface area contributed by atoms with Gasteiger partial charge in [0.1, 0.15) is 6.33 Å². The highest BCUT2D eigenvalue weighted by Crippen LogP contribution is 2.37. The number of phenolic OH excluding ortho intramolecular Hbond substituents is 1. The number of hydrogen-bond donors (Lipinski definition) is 2. The van der Waals surface area contributed by atoms with Crippen LogP contribution in [0.25, 0.3) is 11.1 Å². The summed E-state index contributed by atoms with van der Waals surface area (Å²) in [4.78, 5) is 18.6. The standard InChI is InChI=1S/C12H10N2O4/c1-18-10-3-7(12(16)17)2-9(11(10)15)8-4-13-6-14-5-8/h2-6,15H,1H3,(H,16,17). The van der Waals surface area contributed by atoms with E-state index in [1.54, 1.807) is 0 Å². The number of carboxylic acids is 1. The second kappa shape index (κ2) is 4.70. The molecule has 92 valence electrons. The van der Waals surface area contributed by atoms with Crippen molar-refractivity contribution in [2.24, 2.45) is 0 Å². The Bertz CT molecular complexity index is 584. The second-order valence-corrected chi connectivity index (χ2v) is 3.51. The van der Waals surface area contributed by atoms with E-state index in [2.05, 4.69) is 9.97 Å². The zero-order chi connectivity index (χ0) is 13.1. The predicted molar refractivity (Wildman–Crippen MR) is 62.6 cm³/mol. The normalized spacial score (nSPS) is 10.1. The molecule has 0 unspecified atom stereocenters. The van der Waals surface area contributed by atoms with Crippen LogP contribution in [-0.4, -0.2) is 33.3 Å². The molecule has 2 N–H and O–H groups in total. The molecule has 1 aromatic heterocycles. The van der Waals surface area contributed by atoms with Gasteiger partial charge in [-0.1, -0.05) is 0 Å². The monoisotopic (exact) mass is 246 g/mol. The van der Waals surface area contributed by atoms with Crippen molar-refractivity contribution in [3.8, 4) is 22.6 Å². The summed E-state index contributed by atoms with van der Waals surface area (Å²) in [5.41, 5.74) is 0.840. The number of aromatic carboxylic acids is 1. The lowest BCUT2D eigenvalue weighted by Crippen LogP contribution is -1.98. The molecule has 0 amide bonds. The summed E-state index contributed by atoms with van der Waals surface area (Å²) >= 11 is 0. The highest BCUT2D eigenvalue weighted by atomic mass is 16.5. The summed E-state index contributed by atoms with van der Waals surface area (Å²) in [6.07, 6.45) is 4.30. The summed E-state index contributed by atoms with van der Waals surface area (Å²) in [7, 11) is 1.35. The molecule has 2 aromatic rings. The number of carbonyl (C=O) groups is 1. The number of methoxy groups -OCH3 is 1. The zero-order valence-corrected chi connectivity index (χ0v) is 9.49. The Morgan fingerprint density at radius 1 is 1.28 bits per heavy atom. The van der Waals surface area contributed by atoms with Gasteiger partial charge in [-0.15, -0.1) is 0 Å². The molecule has 0 aliphatic heterocycles. The maximum absolute atomic E-state index is 11.0. The Hall–Kier alpha value is -2.63. The highest BCUT2D eigenvalue weighted by molar-refractivity contribution is 5.91. The molecule has 0 fully saturated rings. The van der Waals surface area contributed by atoms with Gasteiger partial charge in [0, 0.05) is 23.5 Å². The van der Waals surface area contributed by atoms with E-state index in [9.17, 15) is 9.90 Å². The third-order valence-electron chi connectivity index (χ3n) is 2.41. The lowest BCUT2D eigenvalue weighted by Gasteiger charge is -2.10. The predicted octanol–water partition coefficient (Wildman–Crippen LogP) is 1.56. The third kappa shape index (κ3) is 2.08. The smallest absolute Gasteiger partial charge is 0.335 e. The molecule has 2 rings (SSSR count). The molecule has 0 atom stereocenters. The maximum Gasteiger partial charge on any atom is 0.335 e. The SMILES string of the molecule is COc1cc(C(=O)O)cc(-c2cncnc2)c1O. The number of rotatable bonds is 3. The van der Waals surface area contributed by atoms with Crippen LogP contribution in [0.2, 0.25) is 0 Å². The highest BCUT2D eigenvalue weighted by Gasteiger charge is 2.15. The van der Waals surface area contributed by atoms with E-state index >= 15 is 0 Å². The van der Waals surface area contributed by atoms with Crippen molar-refractivity contribution in [3.63, 3.8) is 0 Å². The average molecular weight is 246 g/mol. The molecular weight excluding hydrogens is 236 g/mol. The largest absolute Gasteiger partial charge is 0.504 e. The molecule has 0 spiro atoms. The van der Waals surface area contributed by atoms with Crippen molar-refractivity contribution >= 4 is 5.97 Å². The Balaban J connectivity index is 2.66. The van der Waals surface area contributed by atoms with Crippen LogP contribution in [0.15, 0.2) is 30.9 Å². The van der Waals surface area contributed by atoms with Crippen molar-refractivity contribution in [3.05, 3.63) is 36.4 Å². The van der Waals surface area contributed by atoms with E-state index in [4.69, 9.17) is 9.84 Å². The fraction of sp³-hybridized carbons (Fsp3) is 0.0833. The van der Waals surface area contributed by atoms with Crippen LogP contribution in [0.3, 0.4) is 0 Å². The molecule has 0 bridgehead atoms. The van der Waals surface area contributed by atoms with Gasteiger partial charge < -0.3 is 14.9 Å². The minimum absolute atomic E-state index is 0.0171. The lowest BCUT2D eigenvalue weighted by molar-refractivity contribution is 0.0696. The van der Waals surface area contributed by atoms with E-state index in [0.717, 1.165) is 0 Å². The summed E-state index contributed by atoms with van der Waals surface area (Å²) < 4.78 is 4.94. The van der Waals surface area contributed by atoms with E-state index in [-0.39, 0.29) is 17.1 Å². The van der Waals surface area contributed by atoms with Gasteiger partial charge in [0.2, 0.25) is 0 Å². The number of aromatic nitrogens is 2. The van der Waals surface area contributed by atoms with Crippen molar-refractivity contribution in [1.29, 1.82) is 0 Å². The summed E-state index contributed by atoms with van der Waals surface area (Å²) in [5, 5.41) is 19.0. The number of benzene rings is 1. The van der Waals surface area contributed by atoms with Gasteiger partial charge in [0.15, 0.2) is 11.5 Å². The molecule has 0 radical (unpaired) electrons. The minimum atomic E-state index is -1.11. The van der Waals surface area contributed by atoms with E-state index in [1.807, 2.05) is 0 Å². The molecule has 0 aliphatic rings. The van der Waals surface area contributed by atoms with Crippen LogP contribution in [0.4, 0.5) is 0 Å². The van der Waals surface area contributed by atoms with Gasteiger partial charge in [-0.05, 0) is 12.1 Å². The molecule has 6 nitrogen and oxygen atoms in total. The van der Waals surface area contributed by atoms with Crippen molar-refractivity contribution in [1.82, 2.24) is 9.97 Å². The second-order valence-electron chi connectivity index (χ2n) is 3.51. The Kier molecular flexibility index (Phi) is 3.09. The Morgan fingerprint density at radius 2 is 1.94 bits per heavy atom. The van der Waals surface area contributed by atoms with Gasteiger partial charge >= 0.3 is 5.97 Å². The molecule has 6 heteroatoms. The molecule has 0 saturated heterocycles.